The summed E-state index contributed by atoms with van der Waals surface area (Å²) in [6.45, 7) is 13.1. The average molecular weight is 1280 g/mol. The number of carboxylic acid groups (broad SMARTS) is 1. The Morgan fingerprint density at radius 2 is 0.806 bits per heavy atom. The first-order valence-electron chi connectivity index (χ1n) is 30.9. The zero-order valence-corrected chi connectivity index (χ0v) is 54.1. The van der Waals surface area contributed by atoms with Crippen LogP contribution in [-0.2, 0) is 24.6 Å². The Bertz CT molecular complexity index is 3820. The fraction of sp³-hybridized carbons (Fsp3) is 0.311. The van der Waals surface area contributed by atoms with Crippen molar-refractivity contribution < 1.29 is 63.0 Å². The van der Waals surface area contributed by atoms with Crippen molar-refractivity contribution in [3.8, 4) is 28.7 Å². The highest BCUT2D eigenvalue weighted by molar-refractivity contribution is 6.06. The molecule has 93 heavy (non-hydrogen) atoms. The quantitative estimate of drug-likeness (QED) is 0.0717. The molecule has 0 spiro atoms. The summed E-state index contributed by atoms with van der Waals surface area (Å²) in [6.07, 6.45) is 6.37. The lowest BCUT2D eigenvalue weighted by Gasteiger charge is -2.28. The van der Waals surface area contributed by atoms with Crippen LogP contribution in [0.15, 0.2) is 176 Å². The number of hydrogen-bond acceptors (Lipinski definition) is 15. The Kier molecular flexibility index (Phi) is 25.7. The summed E-state index contributed by atoms with van der Waals surface area (Å²) in [5.41, 5.74) is 5.87. The SMILES string of the molecule is Cc1ccc(OCc2ccccc2)c(C(=O)C2CCCC2)n1.Cc1ccc(OCc2ccccc2)c(C(=O)C2CCCN2C(=O)OC(C)(C)C)n1.Cc1ccc(OCc2ccccc2)c(C(=O)C2CCCN2C(=O)c2ccccc2O)n1.Cl.O=C(O)c1ccccc1O. The summed E-state index contributed by atoms with van der Waals surface area (Å²) >= 11 is 0. The summed E-state index contributed by atoms with van der Waals surface area (Å²) < 4.78 is 23.2. The topological polar surface area (TPSA) is 245 Å². The number of carboxylic acids is 1. The predicted molar refractivity (Wildman–Crippen MR) is 355 cm³/mol. The van der Waals surface area contributed by atoms with Gasteiger partial charge in [0, 0.05) is 36.1 Å². The zero-order valence-electron chi connectivity index (χ0n) is 53.2. The van der Waals surface area contributed by atoms with Gasteiger partial charge in [-0.1, -0.05) is 128 Å². The number of ether oxygens (including phenoxy) is 4. The maximum Gasteiger partial charge on any atom is 0.410 e. The normalized spacial score (nSPS) is 14.9. The number of amides is 2. The number of aryl methyl sites for hydroxylation is 3. The van der Waals surface area contributed by atoms with Crippen molar-refractivity contribution >= 4 is 47.7 Å². The van der Waals surface area contributed by atoms with Gasteiger partial charge in [0.2, 0.25) is 11.6 Å². The van der Waals surface area contributed by atoms with Gasteiger partial charge in [0.05, 0.1) is 11.6 Å². The molecule has 1 aliphatic carbocycles. The van der Waals surface area contributed by atoms with Gasteiger partial charge >= 0.3 is 12.1 Å². The molecule has 0 bridgehead atoms. The smallest absolute Gasteiger partial charge is 0.410 e. The number of phenolic OH excluding ortho intramolecular Hbond substituents is 1. The number of likely N-dealkylation sites (tertiary alicyclic amines) is 2. The summed E-state index contributed by atoms with van der Waals surface area (Å²) in [5.74, 6) is -0.508. The van der Waals surface area contributed by atoms with E-state index >= 15 is 0 Å². The van der Waals surface area contributed by atoms with Crippen molar-refractivity contribution in [1.29, 1.82) is 0 Å². The highest BCUT2D eigenvalue weighted by Gasteiger charge is 2.40. The van der Waals surface area contributed by atoms with Crippen LogP contribution in [0.1, 0.15) is 158 Å². The van der Waals surface area contributed by atoms with E-state index in [0.717, 1.165) is 60.2 Å². The molecule has 2 amide bonds. The first kappa shape index (κ1) is 70.5. The van der Waals surface area contributed by atoms with E-state index in [1.807, 2.05) is 151 Å². The van der Waals surface area contributed by atoms with Crippen LogP contribution in [-0.4, -0.2) is 106 Å². The number of phenols is 2. The molecule has 3 aromatic heterocycles. The number of para-hydroxylation sites is 2. The minimum absolute atomic E-state index is 0. The van der Waals surface area contributed by atoms with Gasteiger partial charge in [-0.25, -0.2) is 24.5 Å². The van der Waals surface area contributed by atoms with Crippen LogP contribution in [0.5, 0.6) is 28.7 Å². The van der Waals surface area contributed by atoms with Gasteiger partial charge in [-0.3, -0.25) is 24.1 Å². The van der Waals surface area contributed by atoms with Crippen molar-refractivity contribution in [2.75, 3.05) is 13.1 Å². The lowest BCUT2D eigenvalue weighted by Crippen LogP contribution is -2.43. The number of pyridine rings is 3. The zero-order chi connectivity index (χ0) is 65.7. The number of benzene rings is 5. The number of aromatic carboxylic acids is 1. The second-order valence-corrected chi connectivity index (χ2v) is 23.6. The van der Waals surface area contributed by atoms with Gasteiger partial charge in [0.25, 0.3) is 5.91 Å². The lowest BCUT2D eigenvalue weighted by atomic mass is 9.99. The standard InChI is InChI=1S/C25H24N2O4.C23H28N2O4.C19H21NO2.C7H6O3.ClH/c1-17-13-14-22(31-16-18-8-3-2-4-9-18)23(26-17)24(29)20-11-7-15-27(20)25(30)19-10-5-6-12-21(19)28;1-16-12-13-19(28-15-17-9-6-5-7-10-17)20(24-16)21(26)18-11-8-14-25(18)22(27)29-23(2,3)4;1-14-11-12-17(22-13-15-7-3-2-4-8-15)18(20-14)19(21)16-9-5-6-10-16;8-6-4-2-1-3-5(6)7(9)10;/h2-6,8-10,12-14,20,28H,7,11,15-16H2,1H3;5-7,9-10,12-13,18H,8,11,14-15H2,1-4H3;2-4,7-8,11-12,16H,5-6,9-10,13H2,1H3;1-4,8H,(H,9,10);1H. The Balaban J connectivity index is 0.000000185. The molecule has 3 aliphatic rings. The molecular weight excluding hydrogens is 1200 g/mol. The molecule has 5 heterocycles. The van der Waals surface area contributed by atoms with Crippen LogP contribution < -0.4 is 14.2 Å². The fourth-order valence-electron chi connectivity index (χ4n) is 10.7. The molecular formula is C74H80ClN5O13. The van der Waals surface area contributed by atoms with Crippen LogP contribution >= 0.6 is 12.4 Å². The molecule has 0 radical (unpaired) electrons. The third-order valence-corrected chi connectivity index (χ3v) is 15.4. The van der Waals surface area contributed by atoms with Crippen LogP contribution in [0.4, 0.5) is 4.79 Å². The number of aromatic hydroxyl groups is 2. The van der Waals surface area contributed by atoms with Crippen molar-refractivity contribution in [2.45, 2.75) is 130 Å². The number of aromatic nitrogens is 3. The van der Waals surface area contributed by atoms with Crippen LogP contribution in [0, 0.1) is 26.7 Å². The number of ketones is 3. The minimum atomic E-state index is -1.11. The van der Waals surface area contributed by atoms with E-state index in [2.05, 4.69) is 15.0 Å². The van der Waals surface area contributed by atoms with Crippen LogP contribution in [0.2, 0.25) is 0 Å². The molecule has 2 saturated heterocycles. The molecule has 2 unspecified atom stereocenters. The van der Waals surface area contributed by atoms with Gasteiger partial charge in [-0.05, 0) is 157 Å². The highest BCUT2D eigenvalue weighted by Crippen LogP contribution is 2.33. The first-order valence-corrected chi connectivity index (χ1v) is 30.9. The van der Waals surface area contributed by atoms with Crippen molar-refractivity contribution in [3.05, 3.63) is 238 Å². The predicted octanol–water partition coefficient (Wildman–Crippen LogP) is 14.6. The Hall–Kier alpha value is -9.94. The maximum absolute atomic E-state index is 13.5. The third-order valence-electron chi connectivity index (χ3n) is 15.4. The van der Waals surface area contributed by atoms with Crippen molar-refractivity contribution in [3.63, 3.8) is 0 Å². The summed E-state index contributed by atoms with van der Waals surface area (Å²) in [7, 11) is 0. The van der Waals surface area contributed by atoms with Crippen LogP contribution in [0.25, 0.3) is 0 Å². The number of hydrogen-bond donors (Lipinski definition) is 3. The van der Waals surface area contributed by atoms with E-state index in [1.54, 1.807) is 48.5 Å². The molecule has 2 aliphatic heterocycles. The first-order chi connectivity index (χ1) is 44.2. The average Bonchev–Trinajstić information content (AvgIpc) is 1.80. The lowest BCUT2D eigenvalue weighted by molar-refractivity contribution is 0.0221. The molecule has 18 nitrogen and oxygen atoms in total. The largest absolute Gasteiger partial charge is 0.507 e. The van der Waals surface area contributed by atoms with Crippen LogP contribution in [0.3, 0.4) is 0 Å². The number of rotatable bonds is 17. The number of halogens is 1. The molecule has 19 heteroatoms. The molecule has 3 N–H and O–H groups in total. The van der Waals surface area contributed by atoms with E-state index in [1.165, 1.54) is 28.0 Å². The van der Waals surface area contributed by atoms with E-state index in [9.17, 15) is 33.9 Å². The number of carbonyl (C=O) groups is 6. The summed E-state index contributed by atoms with van der Waals surface area (Å²) in [6, 6.07) is 51.3. The molecule has 2 atom stereocenters. The Morgan fingerprint density at radius 1 is 0.452 bits per heavy atom. The molecule has 3 fully saturated rings. The second kappa shape index (κ2) is 33.9. The summed E-state index contributed by atoms with van der Waals surface area (Å²) in [4.78, 5) is 91.7. The van der Waals surface area contributed by atoms with Crippen molar-refractivity contribution in [1.82, 2.24) is 24.8 Å². The third kappa shape index (κ3) is 20.0. The van der Waals surface area contributed by atoms with Gasteiger partial charge in [-0.15, -0.1) is 12.4 Å². The van der Waals surface area contributed by atoms with Crippen molar-refractivity contribution in [2.24, 2.45) is 5.92 Å². The number of carbonyl (C=O) groups excluding carboxylic acids is 5. The molecule has 8 aromatic rings. The van der Waals surface area contributed by atoms with Gasteiger partial charge in [0.15, 0.2) is 17.2 Å². The molecule has 5 aromatic carbocycles. The molecule has 486 valence electrons. The maximum atomic E-state index is 13.5. The monoisotopic (exact) mass is 1280 g/mol. The van der Waals surface area contributed by atoms with Gasteiger partial charge in [-0.2, -0.15) is 0 Å². The van der Waals surface area contributed by atoms with Gasteiger partial charge < -0.3 is 39.2 Å². The Labute approximate surface area is 549 Å². The van der Waals surface area contributed by atoms with E-state index in [0.29, 0.717) is 80.8 Å². The summed E-state index contributed by atoms with van der Waals surface area (Å²) in [5, 5.41) is 27.4. The van der Waals surface area contributed by atoms with Gasteiger partial charge in [0.1, 0.15) is 71.5 Å². The molecule has 1 saturated carbocycles. The fourth-order valence-corrected chi connectivity index (χ4v) is 10.7. The second-order valence-electron chi connectivity index (χ2n) is 23.6. The minimum Gasteiger partial charge on any atom is -0.507 e. The van der Waals surface area contributed by atoms with E-state index in [4.69, 9.17) is 29.2 Å². The van der Waals surface area contributed by atoms with E-state index in [-0.39, 0.29) is 75.6 Å². The Morgan fingerprint density at radius 3 is 1.18 bits per heavy atom. The number of nitrogens with zero attached hydrogens (tertiary/aromatic N) is 5. The highest BCUT2D eigenvalue weighted by atomic mass is 35.5. The number of Topliss-reactive ketones (excluding diaryl/α,β-unsaturated/α-hetero) is 3. The van der Waals surface area contributed by atoms with E-state index < -0.39 is 29.7 Å². The molecule has 11 rings (SSSR count).